The predicted molar refractivity (Wildman–Crippen MR) is 117 cm³/mol. The molecule has 0 bridgehead atoms. The van der Waals surface area contributed by atoms with Crippen LogP contribution in [0.3, 0.4) is 0 Å². The molecule has 28 heavy (non-hydrogen) atoms. The molecule has 0 saturated heterocycles. The molecule has 2 aromatic carbocycles. The molecule has 1 amide bonds. The maximum absolute atomic E-state index is 12.5. The Bertz CT molecular complexity index is 955. The average molecular weight is 461 g/mol. The summed E-state index contributed by atoms with van der Waals surface area (Å²) in [5, 5.41) is 5.30. The van der Waals surface area contributed by atoms with Crippen LogP contribution in [-0.2, 0) is 0 Å². The Morgan fingerprint density at radius 3 is 2.61 bits per heavy atom. The third-order valence-electron chi connectivity index (χ3n) is 3.87. The van der Waals surface area contributed by atoms with Crippen molar-refractivity contribution in [1.29, 1.82) is 0 Å². The number of anilines is 1. The number of aromatic nitrogens is 1. The monoisotopic (exact) mass is 460 g/mol. The molecule has 0 aliphatic heterocycles. The van der Waals surface area contributed by atoms with Crippen LogP contribution >= 0.6 is 27.3 Å². The number of rotatable bonds is 7. The van der Waals surface area contributed by atoms with Crippen LogP contribution in [0.1, 0.15) is 24.2 Å². The van der Waals surface area contributed by atoms with Crippen molar-refractivity contribution in [2.75, 3.05) is 19.0 Å². The summed E-state index contributed by atoms with van der Waals surface area (Å²) >= 11 is 4.86. The molecule has 3 rings (SSSR count). The largest absolute Gasteiger partial charge is 0.496 e. The number of methoxy groups -OCH3 is 1. The van der Waals surface area contributed by atoms with E-state index in [0.717, 1.165) is 27.2 Å². The van der Waals surface area contributed by atoms with Crippen LogP contribution in [0.4, 0.5) is 5.13 Å². The number of nitrogens with one attached hydrogen (secondary N) is 1. The van der Waals surface area contributed by atoms with Gasteiger partial charge in [-0.05, 0) is 64.3 Å². The fourth-order valence-corrected chi connectivity index (χ4v) is 3.68. The van der Waals surface area contributed by atoms with Gasteiger partial charge in [-0.1, -0.05) is 13.8 Å². The van der Waals surface area contributed by atoms with Crippen molar-refractivity contribution in [3.63, 3.8) is 0 Å². The van der Waals surface area contributed by atoms with Crippen LogP contribution in [0.5, 0.6) is 11.5 Å². The summed E-state index contributed by atoms with van der Waals surface area (Å²) in [4.78, 5) is 17.0. The lowest BCUT2D eigenvalue weighted by Crippen LogP contribution is -2.11. The van der Waals surface area contributed by atoms with Gasteiger partial charge in [0.05, 0.1) is 23.9 Å². The molecule has 5 nitrogen and oxygen atoms in total. The van der Waals surface area contributed by atoms with E-state index < -0.39 is 0 Å². The van der Waals surface area contributed by atoms with E-state index in [1.807, 2.05) is 23.6 Å². The van der Waals surface area contributed by atoms with Gasteiger partial charge in [0.1, 0.15) is 11.5 Å². The minimum Gasteiger partial charge on any atom is -0.496 e. The lowest BCUT2D eigenvalue weighted by Gasteiger charge is -2.09. The van der Waals surface area contributed by atoms with Crippen LogP contribution in [0.2, 0.25) is 0 Å². The summed E-state index contributed by atoms with van der Waals surface area (Å²) in [6.07, 6.45) is 0. The van der Waals surface area contributed by atoms with Gasteiger partial charge in [0.2, 0.25) is 0 Å². The summed E-state index contributed by atoms with van der Waals surface area (Å²) in [6, 6.07) is 12.9. The molecule has 1 heterocycles. The number of amides is 1. The molecule has 0 radical (unpaired) electrons. The number of hydrogen-bond donors (Lipinski definition) is 1. The first-order chi connectivity index (χ1) is 13.5. The highest BCUT2D eigenvalue weighted by Crippen LogP contribution is 2.32. The molecule has 146 valence electrons. The molecule has 0 aliphatic rings. The molecular weight excluding hydrogens is 440 g/mol. The van der Waals surface area contributed by atoms with Crippen LogP contribution in [0, 0.1) is 5.92 Å². The van der Waals surface area contributed by atoms with E-state index in [9.17, 15) is 4.79 Å². The molecule has 0 atom stereocenters. The third-order valence-corrected chi connectivity index (χ3v) is 5.25. The Morgan fingerprint density at radius 2 is 1.96 bits per heavy atom. The van der Waals surface area contributed by atoms with Gasteiger partial charge >= 0.3 is 0 Å². The smallest absolute Gasteiger partial charge is 0.257 e. The number of carbonyl (C=O) groups is 1. The van der Waals surface area contributed by atoms with Crippen molar-refractivity contribution < 1.29 is 14.3 Å². The van der Waals surface area contributed by atoms with Crippen LogP contribution in [0.25, 0.3) is 11.3 Å². The second-order valence-corrected chi connectivity index (χ2v) is 8.28. The quantitative estimate of drug-likeness (QED) is 0.478. The lowest BCUT2D eigenvalue weighted by molar-refractivity contribution is 0.102. The zero-order chi connectivity index (χ0) is 20.1. The predicted octanol–water partition coefficient (Wildman–Crippen LogP) is 5.87. The Kier molecular flexibility index (Phi) is 6.70. The first-order valence-electron chi connectivity index (χ1n) is 8.80. The maximum Gasteiger partial charge on any atom is 0.257 e. The molecule has 0 unspecified atom stereocenters. The van der Waals surface area contributed by atoms with Crippen LogP contribution in [0.15, 0.2) is 52.3 Å². The van der Waals surface area contributed by atoms with Gasteiger partial charge < -0.3 is 9.47 Å². The number of thiazole rings is 1. The second-order valence-electron chi connectivity index (χ2n) is 6.57. The molecule has 1 N–H and O–H groups in total. The van der Waals surface area contributed by atoms with Gasteiger partial charge in [0.15, 0.2) is 5.13 Å². The Hall–Kier alpha value is -2.38. The first-order valence-corrected chi connectivity index (χ1v) is 10.5. The van der Waals surface area contributed by atoms with E-state index in [4.69, 9.17) is 9.47 Å². The van der Waals surface area contributed by atoms with Gasteiger partial charge in [-0.15, -0.1) is 11.3 Å². The van der Waals surface area contributed by atoms with Gasteiger partial charge in [-0.2, -0.15) is 0 Å². The minimum absolute atomic E-state index is 0.202. The fraction of sp³-hybridized carbons (Fsp3) is 0.238. The van der Waals surface area contributed by atoms with Crippen molar-refractivity contribution in [1.82, 2.24) is 4.98 Å². The molecule has 0 fully saturated rings. The molecule has 0 aliphatic carbocycles. The maximum atomic E-state index is 12.5. The van der Waals surface area contributed by atoms with Crippen LogP contribution in [-0.4, -0.2) is 24.6 Å². The molecule has 1 aromatic heterocycles. The third kappa shape index (κ3) is 5.11. The summed E-state index contributed by atoms with van der Waals surface area (Å²) in [6.45, 7) is 4.83. The van der Waals surface area contributed by atoms with Crippen molar-refractivity contribution in [3.8, 4) is 22.8 Å². The second kappa shape index (κ2) is 9.21. The van der Waals surface area contributed by atoms with E-state index >= 15 is 0 Å². The van der Waals surface area contributed by atoms with Crippen molar-refractivity contribution in [3.05, 3.63) is 57.9 Å². The summed E-state index contributed by atoms with van der Waals surface area (Å²) < 4.78 is 11.7. The molecule has 0 saturated carbocycles. The Balaban J connectivity index is 1.66. The highest BCUT2D eigenvalue weighted by atomic mass is 79.9. The van der Waals surface area contributed by atoms with E-state index in [-0.39, 0.29) is 5.91 Å². The fourth-order valence-electron chi connectivity index (χ4n) is 2.42. The van der Waals surface area contributed by atoms with Crippen molar-refractivity contribution >= 4 is 38.3 Å². The normalized spacial score (nSPS) is 10.8. The van der Waals surface area contributed by atoms with E-state index in [0.29, 0.717) is 23.2 Å². The molecule has 0 spiro atoms. The molecule has 7 heteroatoms. The first kappa shape index (κ1) is 20.4. The number of carbonyl (C=O) groups excluding carboxylic acids is 1. The number of hydrogen-bond acceptors (Lipinski definition) is 5. The van der Waals surface area contributed by atoms with Crippen LogP contribution < -0.4 is 14.8 Å². The van der Waals surface area contributed by atoms with Crippen molar-refractivity contribution in [2.24, 2.45) is 5.92 Å². The highest BCUT2D eigenvalue weighted by Gasteiger charge is 2.11. The zero-order valence-corrected chi connectivity index (χ0v) is 18.3. The highest BCUT2D eigenvalue weighted by molar-refractivity contribution is 9.10. The average Bonchev–Trinajstić information content (AvgIpc) is 3.15. The Labute approximate surface area is 176 Å². The van der Waals surface area contributed by atoms with Gasteiger partial charge in [0.25, 0.3) is 5.91 Å². The van der Waals surface area contributed by atoms with Gasteiger partial charge in [0, 0.05) is 16.5 Å². The van der Waals surface area contributed by atoms with Crippen molar-refractivity contribution in [2.45, 2.75) is 13.8 Å². The van der Waals surface area contributed by atoms with Gasteiger partial charge in [-0.25, -0.2) is 4.98 Å². The SMILES string of the molecule is COc1ccc(-c2csc(NC(=O)c3ccc(OCC(C)C)cc3)n2)cc1Br. The lowest BCUT2D eigenvalue weighted by atomic mass is 10.2. The van der Waals surface area contributed by atoms with E-state index in [2.05, 4.69) is 40.1 Å². The topological polar surface area (TPSA) is 60.5 Å². The summed E-state index contributed by atoms with van der Waals surface area (Å²) in [5.41, 5.74) is 2.29. The molecule has 3 aromatic rings. The summed E-state index contributed by atoms with van der Waals surface area (Å²) in [7, 11) is 1.62. The van der Waals surface area contributed by atoms with E-state index in [1.165, 1.54) is 11.3 Å². The number of ether oxygens (including phenoxy) is 2. The van der Waals surface area contributed by atoms with E-state index in [1.54, 1.807) is 31.4 Å². The standard InChI is InChI=1S/C21H21BrN2O3S/c1-13(2)11-27-16-7-4-14(5-8-16)20(25)24-21-23-18(12-28-21)15-6-9-19(26-3)17(22)10-15/h4-10,12-13H,11H2,1-3H3,(H,23,24,25). The number of benzene rings is 2. The number of nitrogens with zero attached hydrogens (tertiary/aromatic N) is 1. The Morgan fingerprint density at radius 1 is 1.21 bits per heavy atom. The molecular formula is C21H21BrN2O3S. The minimum atomic E-state index is -0.202. The van der Waals surface area contributed by atoms with Gasteiger partial charge in [-0.3, -0.25) is 10.1 Å². The number of halogens is 1. The summed E-state index contributed by atoms with van der Waals surface area (Å²) in [5.74, 6) is 1.76. The zero-order valence-electron chi connectivity index (χ0n) is 15.9.